The standard InChI is InChI=1S/C17H20ClN3O/c1-3-16-15(17(22)20(2)11-12-7-8-12)10-19-21(16)14-6-4-5-13(18)9-14/h4-6,9-10,12H,3,7-8,11H2,1-2H3. The monoisotopic (exact) mass is 317 g/mol. The summed E-state index contributed by atoms with van der Waals surface area (Å²) in [6, 6.07) is 7.52. The van der Waals surface area contributed by atoms with Crippen molar-refractivity contribution in [2.24, 2.45) is 5.92 Å². The summed E-state index contributed by atoms with van der Waals surface area (Å²) in [4.78, 5) is 14.5. The maximum absolute atomic E-state index is 12.6. The quantitative estimate of drug-likeness (QED) is 0.845. The lowest BCUT2D eigenvalue weighted by atomic mass is 10.1. The lowest BCUT2D eigenvalue weighted by Crippen LogP contribution is -2.29. The molecule has 3 rings (SSSR count). The molecular formula is C17H20ClN3O. The first kappa shape index (κ1) is 15.1. The Morgan fingerprint density at radius 1 is 1.45 bits per heavy atom. The number of nitrogens with zero attached hydrogens (tertiary/aromatic N) is 3. The topological polar surface area (TPSA) is 38.1 Å². The first-order valence-electron chi connectivity index (χ1n) is 7.68. The van der Waals surface area contributed by atoms with Crippen LogP contribution in [0.25, 0.3) is 5.69 Å². The number of carbonyl (C=O) groups is 1. The van der Waals surface area contributed by atoms with Crippen molar-refractivity contribution in [3.05, 3.63) is 46.7 Å². The zero-order chi connectivity index (χ0) is 15.7. The summed E-state index contributed by atoms with van der Waals surface area (Å²) in [6.07, 6.45) is 4.89. The zero-order valence-corrected chi connectivity index (χ0v) is 13.7. The minimum absolute atomic E-state index is 0.0528. The molecule has 0 N–H and O–H groups in total. The van der Waals surface area contributed by atoms with E-state index < -0.39 is 0 Å². The summed E-state index contributed by atoms with van der Waals surface area (Å²) in [5.41, 5.74) is 2.49. The molecule has 0 radical (unpaired) electrons. The van der Waals surface area contributed by atoms with Crippen molar-refractivity contribution in [1.82, 2.24) is 14.7 Å². The Balaban J connectivity index is 1.91. The van der Waals surface area contributed by atoms with Crippen LogP contribution in [0, 0.1) is 5.92 Å². The number of amides is 1. The normalized spacial score (nSPS) is 14.1. The van der Waals surface area contributed by atoms with Gasteiger partial charge in [0, 0.05) is 18.6 Å². The first-order chi connectivity index (χ1) is 10.6. The van der Waals surface area contributed by atoms with Crippen LogP contribution < -0.4 is 0 Å². The molecule has 1 aromatic heterocycles. The second kappa shape index (κ2) is 6.13. The van der Waals surface area contributed by atoms with Gasteiger partial charge in [0.2, 0.25) is 0 Å². The lowest BCUT2D eigenvalue weighted by Gasteiger charge is -2.17. The fourth-order valence-corrected chi connectivity index (χ4v) is 2.88. The third-order valence-corrected chi connectivity index (χ3v) is 4.30. The second-order valence-corrected chi connectivity index (χ2v) is 6.32. The van der Waals surface area contributed by atoms with Gasteiger partial charge in [-0.1, -0.05) is 24.6 Å². The SMILES string of the molecule is CCc1c(C(=O)N(C)CC2CC2)cnn1-c1cccc(Cl)c1. The van der Waals surface area contributed by atoms with Crippen molar-refractivity contribution >= 4 is 17.5 Å². The van der Waals surface area contributed by atoms with E-state index in [1.54, 1.807) is 6.20 Å². The average Bonchev–Trinajstić information content (AvgIpc) is 3.21. The minimum Gasteiger partial charge on any atom is -0.341 e. The van der Waals surface area contributed by atoms with Gasteiger partial charge in [-0.2, -0.15) is 5.10 Å². The van der Waals surface area contributed by atoms with E-state index in [-0.39, 0.29) is 5.91 Å². The van der Waals surface area contributed by atoms with Gasteiger partial charge in [-0.05, 0) is 43.4 Å². The largest absolute Gasteiger partial charge is 0.341 e. The van der Waals surface area contributed by atoms with Crippen molar-refractivity contribution in [1.29, 1.82) is 0 Å². The minimum atomic E-state index is 0.0528. The molecule has 1 fully saturated rings. The van der Waals surface area contributed by atoms with E-state index in [0.717, 1.165) is 24.3 Å². The summed E-state index contributed by atoms with van der Waals surface area (Å²) < 4.78 is 1.81. The Morgan fingerprint density at radius 3 is 2.86 bits per heavy atom. The molecule has 116 valence electrons. The third-order valence-electron chi connectivity index (χ3n) is 4.06. The van der Waals surface area contributed by atoms with Gasteiger partial charge in [-0.15, -0.1) is 0 Å². The van der Waals surface area contributed by atoms with Gasteiger partial charge in [-0.25, -0.2) is 4.68 Å². The summed E-state index contributed by atoms with van der Waals surface area (Å²) in [7, 11) is 1.87. The van der Waals surface area contributed by atoms with Crippen molar-refractivity contribution in [3.63, 3.8) is 0 Å². The van der Waals surface area contributed by atoms with Crippen LogP contribution in [0.5, 0.6) is 0 Å². The Hall–Kier alpha value is -1.81. The predicted octanol–water partition coefficient (Wildman–Crippen LogP) is 3.57. The van der Waals surface area contributed by atoms with Crippen LogP contribution in [0.4, 0.5) is 0 Å². The molecule has 0 bridgehead atoms. The number of hydrogen-bond donors (Lipinski definition) is 0. The maximum atomic E-state index is 12.6. The smallest absolute Gasteiger partial charge is 0.257 e. The number of hydrogen-bond acceptors (Lipinski definition) is 2. The molecule has 4 nitrogen and oxygen atoms in total. The highest BCUT2D eigenvalue weighted by Crippen LogP contribution is 2.30. The number of aromatic nitrogens is 2. The highest BCUT2D eigenvalue weighted by molar-refractivity contribution is 6.30. The second-order valence-electron chi connectivity index (χ2n) is 5.88. The van der Waals surface area contributed by atoms with Gasteiger partial charge in [-0.3, -0.25) is 4.79 Å². The van der Waals surface area contributed by atoms with Gasteiger partial charge in [0.05, 0.1) is 23.1 Å². The van der Waals surface area contributed by atoms with E-state index in [1.165, 1.54) is 12.8 Å². The molecule has 1 aliphatic carbocycles. The van der Waals surface area contributed by atoms with Gasteiger partial charge >= 0.3 is 0 Å². The molecule has 0 atom stereocenters. The average molecular weight is 318 g/mol. The van der Waals surface area contributed by atoms with Crippen LogP contribution in [0.1, 0.15) is 35.8 Å². The summed E-state index contributed by atoms with van der Waals surface area (Å²) in [5.74, 6) is 0.735. The highest BCUT2D eigenvalue weighted by atomic mass is 35.5. The Labute approximate surface area is 135 Å². The van der Waals surface area contributed by atoms with Gasteiger partial charge in [0.1, 0.15) is 0 Å². The Bertz CT molecular complexity index is 691. The molecular weight excluding hydrogens is 298 g/mol. The van der Waals surface area contributed by atoms with Crippen LogP contribution in [0.2, 0.25) is 5.02 Å². The molecule has 1 saturated carbocycles. The number of benzene rings is 1. The number of halogens is 1. The predicted molar refractivity (Wildman–Crippen MR) is 87.6 cm³/mol. The molecule has 2 aromatic rings. The van der Waals surface area contributed by atoms with Gasteiger partial charge < -0.3 is 4.90 Å². The molecule has 0 spiro atoms. The van der Waals surface area contributed by atoms with Crippen LogP contribution in [0.3, 0.4) is 0 Å². The third kappa shape index (κ3) is 3.02. The molecule has 5 heteroatoms. The molecule has 1 amide bonds. The summed E-state index contributed by atoms with van der Waals surface area (Å²) >= 11 is 6.06. The van der Waals surface area contributed by atoms with E-state index in [1.807, 2.05) is 47.8 Å². The molecule has 1 heterocycles. The van der Waals surface area contributed by atoms with Crippen LogP contribution >= 0.6 is 11.6 Å². The van der Waals surface area contributed by atoms with Crippen molar-refractivity contribution < 1.29 is 4.79 Å². The van der Waals surface area contributed by atoms with Crippen LogP contribution in [-0.4, -0.2) is 34.2 Å². The molecule has 1 aromatic carbocycles. The molecule has 0 unspecified atom stereocenters. The molecule has 0 aliphatic heterocycles. The molecule has 22 heavy (non-hydrogen) atoms. The Kier molecular flexibility index (Phi) is 4.21. The lowest BCUT2D eigenvalue weighted by molar-refractivity contribution is 0.0787. The van der Waals surface area contributed by atoms with Crippen LogP contribution in [0.15, 0.2) is 30.5 Å². The molecule has 1 aliphatic rings. The van der Waals surface area contributed by atoms with E-state index in [0.29, 0.717) is 16.5 Å². The molecule has 0 saturated heterocycles. The first-order valence-corrected chi connectivity index (χ1v) is 8.06. The fourth-order valence-electron chi connectivity index (χ4n) is 2.70. The van der Waals surface area contributed by atoms with E-state index in [9.17, 15) is 4.79 Å². The summed E-state index contributed by atoms with van der Waals surface area (Å²) in [5, 5.41) is 5.07. The summed E-state index contributed by atoms with van der Waals surface area (Å²) in [6.45, 7) is 2.88. The van der Waals surface area contributed by atoms with E-state index in [4.69, 9.17) is 11.6 Å². The zero-order valence-electron chi connectivity index (χ0n) is 12.9. The van der Waals surface area contributed by atoms with E-state index >= 15 is 0 Å². The maximum Gasteiger partial charge on any atom is 0.257 e. The van der Waals surface area contributed by atoms with Crippen LogP contribution in [-0.2, 0) is 6.42 Å². The number of carbonyl (C=O) groups excluding carboxylic acids is 1. The van der Waals surface area contributed by atoms with Crippen molar-refractivity contribution in [2.75, 3.05) is 13.6 Å². The van der Waals surface area contributed by atoms with Crippen molar-refractivity contribution in [2.45, 2.75) is 26.2 Å². The van der Waals surface area contributed by atoms with E-state index in [2.05, 4.69) is 5.10 Å². The fraction of sp³-hybridized carbons (Fsp3) is 0.412. The Morgan fingerprint density at radius 2 is 2.23 bits per heavy atom. The van der Waals surface area contributed by atoms with Gasteiger partial charge in [0.25, 0.3) is 5.91 Å². The van der Waals surface area contributed by atoms with Crippen molar-refractivity contribution in [3.8, 4) is 5.69 Å². The van der Waals surface area contributed by atoms with Gasteiger partial charge in [0.15, 0.2) is 0 Å². The number of rotatable bonds is 5. The highest BCUT2D eigenvalue weighted by Gasteiger charge is 2.27.